The van der Waals surface area contributed by atoms with Gasteiger partial charge in [-0.25, -0.2) is 0 Å². The molecule has 31 heavy (non-hydrogen) atoms. The van der Waals surface area contributed by atoms with E-state index >= 15 is 0 Å². The zero-order valence-corrected chi connectivity index (χ0v) is 17.2. The molecular formula is C22H24F2N2O5. The Morgan fingerprint density at radius 3 is 2.77 bits per heavy atom. The number of amides is 2. The lowest BCUT2D eigenvalue weighted by Gasteiger charge is -2.13. The Morgan fingerprint density at radius 2 is 2.03 bits per heavy atom. The Balaban J connectivity index is 1.55. The van der Waals surface area contributed by atoms with E-state index in [2.05, 4.69) is 15.4 Å². The summed E-state index contributed by atoms with van der Waals surface area (Å²) in [7, 11) is 0. The van der Waals surface area contributed by atoms with Gasteiger partial charge in [0.2, 0.25) is 5.91 Å². The number of rotatable bonds is 9. The van der Waals surface area contributed by atoms with Gasteiger partial charge in [-0.1, -0.05) is 6.07 Å². The molecule has 2 aromatic carbocycles. The van der Waals surface area contributed by atoms with Gasteiger partial charge in [-0.15, -0.1) is 0 Å². The zero-order valence-electron chi connectivity index (χ0n) is 17.2. The molecule has 2 amide bonds. The molecule has 166 valence electrons. The van der Waals surface area contributed by atoms with Crippen molar-refractivity contribution in [2.45, 2.75) is 39.5 Å². The summed E-state index contributed by atoms with van der Waals surface area (Å²) in [4.78, 5) is 24.4. The predicted molar refractivity (Wildman–Crippen MR) is 109 cm³/mol. The first kappa shape index (κ1) is 22.3. The van der Waals surface area contributed by atoms with Gasteiger partial charge in [0.25, 0.3) is 5.91 Å². The van der Waals surface area contributed by atoms with Crippen molar-refractivity contribution in [3.63, 3.8) is 0 Å². The molecule has 0 radical (unpaired) electrons. The fourth-order valence-electron chi connectivity index (χ4n) is 3.24. The molecule has 3 rings (SSSR count). The Hall–Kier alpha value is -3.36. The van der Waals surface area contributed by atoms with Crippen molar-refractivity contribution >= 4 is 11.8 Å². The van der Waals surface area contributed by atoms with Gasteiger partial charge in [-0.2, -0.15) is 8.78 Å². The molecular weight excluding hydrogens is 410 g/mol. The lowest BCUT2D eigenvalue weighted by atomic mass is 10.1. The Bertz CT molecular complexity index is 951. The topological polar surface area (TPSA) is 85.9 Å². The van der Waals surface area contributed by atoms with E-state index in [4.69, 9.17) is 9.47 Å². The van der Waals surface area contributed by atoms with Crippen molar-refractivity contribution in [1.29, 1.82) is 0 Å². The minimum atomic E-state index is -2.99. The molecule has 0 bridgehead atoms. The van der Waals surface area contributed by atoms with Gasteiger partial charge < -0.3 is 24.8 Å². The fourth-order valence-corrected chi connectivity index (χ4v) is 3.24. The average Bonchev–Trinajstić information content (AvgIpc) is 3.09. The van der Waals surface area contributed by atoms with Gasteiger partial charge >= 0.3 is 6.61 Å². The highest BCUT2D eigenvalue weighted by atomic mass is 19.3. The highest BCUT2D eigenvalue weighted by Crippen LogP contribution is 2.35. The minimum absolute atomic E-state index is 0.0918. The standard InChI is InChI=1S/C22H24F2N2O5/c1-3-29-18-9-15-7-13(2)30-19(15)10-16(18)11-25-20(27)12-26-21(28)14-5-4-6-17(8-14)31-22(23)24/h4-6,8-10,13,22H,3,7,11-12H2,1-2H3,(H,25,27)(H,26,28). The highest BCUT2D eigenvalue weighted by molar-refractivity contribution is 5.96. The molecule has 1 atom stereocenters. The van der Waals surface area contributed by atoms with E-state index in [1.807, 2.05) is 26.0 Å². The third kappa shape index (κ3) is 6.07. The van der Waals surface area contributed by atoms with Crippen LogP contribution in [0.3, 0.4) is 0 Å². The molecule has 0 saturated heterocycles. The van der Waals surface area contributed by atoms with Crippen molar-refractivity contribution in [1.82, 2.24) is 10.6 Å². The lowest BCUT2D eigenvalue weighted by molar-refractivity contribution is -0.120. The summed E-state index contributed by atoms with van der Waals surface area (Å²) in [6.07, 6.45) is 0.895. The van der Waals surface area contributed by atoms with E-state index in [9.17, 15) is 18.4 Å². The van der Waals surface area contributed by atoms with E-state index < -0.39 is 18.4 Å². The first-order valence-corrected chi connectivity index (χ1v) is 9.90. The summed E-state index contributed by atoms with van der Waals surface area (Å²) < 4.78 is 40.3. The number of carbonyl (C=O) groups is 2. The molecule has 0 saturated carbocycles. The molecule has 0 aromatic heterocycles. The second kappa shape index (κ2) is 10.1. The first-order chi connectivity index (χ1) is 14.9. The summed E-state index contributed by atoms with van der Waals surface area (Å²) in [5.74, 6) is 0.331. The molecule has 0 aliphatic carbocycles. The summed E-state index contributed by atoms with van der Waals surface area (Å²) in [6.45, 7) is 1.29. The third-order valence-electron chi connectivity index (χ3n) is 4.59. The minimum Gasteiger partial charge on any atom is -0.494 e. The molecule has 2 aromatic rings. The molecule has 1 aliphatic heterocycles. The molecule has 2 N–H and O–H groups in total. The third-order valence-corrected chi connectivity index (χ3v) is 4.59. The number of hydrogen-bond acceptors (Lipinski definition) is 5. The lowest BCUT2D eigenvalue weighted by Crippen LogP contribution is -2.36. The Labute approximate surface area is 178 Å². The van der Waals surface area contributed by atoms with Crippen molar-refractivity contribution in [2.24, 2.45) is 0 Å². The molecule has 1 aliphatic rings. The number of alkyl halides is 2. The predicted octanol–water partition coefficient (Wildman–Crippen LogP) is 3.06. The van der Waals surface area contributed by atoms with E-state index in [0.717, 1.165) is 23.3 Å². The van der Waals surface area contributed by atoms with Crippen LogP contribution in [0.5, 0.6) is 17.2 Å². The highest BCUT2D eigenvalue weighted by Gasteiger charge is 2.22. The molecule has 0 fully saturated rings. The zero-order chi connectivity index (χ0) is 22.4. The maximum atomic E-state index is 12.3. The van der Waals surface area contributed by atoms with E-state index in [1.54, 1.807) is 0 Å². The molecule has 0 spiro atoms. The SMILES string of the molecule is CCOc1cc2c(cc1CNC(=O)CNC(=O)c1cccc(OC(F)F)c1)OC(C)C2. The van der Waals surface area contributed by atoms with Crippen LogP contribution in [0.1, 0.15) is 35.3 Å². The molecule has 9 heteroatoms. The van der Waals surface area contributed by atoms with Crippen molar-refractivity contribution in [2.75, 3.05) is 13.2 Å². The van der Waals surface area contributed by atoms with Gasteiger partial charge in [0.1, 0.15) is 23.4 Å². The molecule has 1 heterocycles. The van der Waals surface area contributed by atoms with Crippen LogP contribution in [0.15, 0.2) is 36.4 Å². The van der Waals surface area contributed by atoms with Crippen LogP contribution in [-0.2, 0) is 17.8 Å². The van der Waals surface area contributed by atoms with Gasteiger partial charge in [0.15, 0.2) is 0 Å². The summed E-state index contributed by atoms with van der Waals surface area (Å²) in [6, 6.07) is 9.13. The largest absolute Gasteiger partial charge is 0.494 e. The monoisotopic (exact) mass is 434 g/mol. The number of fused-ring (bicyclic) bond motifs is 1. The first-order valence-electron chi connectivity index (χ1n) is 9.90. The normalized spacial score (nSPS) is 14.5. The van der Waals surface area contributed by atoms with Crippen LogP contribution in [0.2, 0.25) is 0 Å². The van der Waals surface area contributed by atoms with Gasteiger partial charge in [0.05, 0.1) is 13.2 Å². The quantitative estimate of drug-likeness (QED) is 0.634. The maximum absolute atomic E-state index is 12.3. The average molecular weight is 434 g/mol. The number of ether oxygens (including phenoxy) is 3. The van der Waals surface area contributed by atoms with E-state index in [-0.39, 0.29) is 30.5 Å². The number of halogens is 2. The number of nitrogens with one attached hydrogen (secondary N) is 2. The van der Waals surface area contributed by atoms with Crippen LogP contribution in [0.25, 0.3) is 0 Å². The smallest absolute Gasteiger partial charge is 0.387 e. The van der Waals surface area contributed by atoms with Crippen LogP contribution in [0.4, 0.5) is 8.78 Å². The Morgan fingerprint density at radius 1 is 1.23 bits per heavy atom. The maximum Gasteiger partial charge on any atom is 0.387 e. The van der Waals surface area contributed by atoms with E-state index in [1.165, 1.54) is 24.3 Å². The summed E-state index contributed by atoms with van der Waals surface area (Å²) in [5, 5.41) is 5.18. The van der Waals surface area contributed by atoms with E-state index in [0.29, 0.717) is 12.4 Å². The molecule has 7 nitrogen and oxygen atoms in total. The van der Waals surface area contributed by atoms with Crippen molar-refractivity contribution < 1.29 is 32.6 Å². The summed E-state index contributed by atoms with van der Waals surface area (Å²) >= 11 is 0. The van der Waals surface area contributed by atoms with Gasteiger partial charge in [-0.05, 0) is 44.2 Å². The molecule has 1 unspecified atom stereocenters. The second-order valence-corrected chi connectivity index (χ2v) is 7.00. The van der Waals surface area contributed by atoms with Crippen LogP contribution in [0, 0.1) is 0 Å². The number of carbonyl (C=O) groups excluding carboxylic acids is 2. The second-order valence-electron chi connectivity index (χ2n) is 7.00. The summed E-state index contributed by atoms with van der Waals surface area (Å²) in [5.41, 5.74) is 1.94. The van der Waals surface area contributed by atoms with Crippen LogP contribution in [-0.4, -0.2) is 37.7 Å². The number of hydrogen-bond donors (Lipinski definition) is 2. The fraction of sp³-hybridized carbons (Fsp3) is 0.364. The van der Waals surface area contributed by atoms with Crippen LogP contribution >= 0.6 is 0 Å². The van der Waals surface area contributed by atoms with Crippen molar-refractivity contribution in [3.8, 4) is 17.2 Å². The van der Waals surface area contributed by atoms with Crippen LogP contribution < -0.4 is 24.8 Å². The van der Waals surface area contributed by atoms with Gasteiger partial charge in [0, 0.05) is 29.7 Å². The number of benzene rings is 2. The Kier molecular flexibility index (Phi) is 7.28. The van der Waals surface area contributed by atoms with Crippen molar-refractivity contribution in [3.05, 3.63) is 53.1 Å². The van der Waals surface area contributed by atoms with Gasteiger partial charge in [-0.3, -0.25) is 9.59 Å².